The van der Waals surface area contributed by atoms with Crippen LogP contribution in [0, 0.1) is 5.92 Å². The minimum atomic E-state index is -0.719. The van der Waals surface area contributed by atoms with Crippen LogP contribution in [0.1, 0.15) is 13.3 Å². The highest BCUT2D eigenvalue weighted by Crippen LogP contribution is 2.42. The number of carbonyl (C=O) groups excluding carboxylic acids is 1. The molecule has 10 heavy (non-hydrogen) atoms. The summed E-state index contributed by atoms with van der Waals surface area (Å²) in [4.78, 5) is 12.4. The maximum atomic E-state index is 12.8. The molecule has 0 radical (unpaired) electrons. The van der Waals surface area contributed by atoms with Gasteiger partial charge >= 0.3 is 0 Å². The predicted molar refractivity (Wildman–Crippen MR) is 34.2 cm³/mol. The molecule has 3 rings (SSSR count). The van der Waals surface area contributed by atoms with Crippen LogP contribution in [0.3, 0.4) is 0 Å². The molecular formula is C7H10FNO. The quantitative estimate of drug-likeness (QED) is 0.485. The van der Waals surface area contributed by atoms with Crippen LogP contribution in [0.4, 0.5) is 4.39 Å². The second kappa shape index (κ2) is 1.71. The molecule has 2 aliphatic heterocycles. The fourth-order valence-corrected chi connectivity index (χ4v) is 1.91. The molecule has 0 aromatic heterocycles. The summed E-state index contributed by atoms with van der Waals surface area (Å²) in [5, 5.41) is 0. The Labute approximate surface area is 59.0 Å². The van der Waals surface area contributed by atoms with Gasteiger partial charge in [-0.15, -0.1) is 0 Å². The lowest BCUT2D eigenvalue weighted by Crippen LogP contribution is -2.41. The average Bonchev–Trinajstić information content (AvgIpc) is 2.40. The van der Waals surface area contributed by atoms with Gasteiger partial charge in [-0.3, -0.25) is 4.79 Å². The van der Waals surface area contributed by atoms with Crippen molar-refractivity contribution in [2.24, 2.45) is 5.92 Å². The fourth-order valence-electron chi connectivity index (χ4n) is 1.91. The van der Waals surface area contributed by atoms with E-state index < -0.39 is 6.17 Å². The zero-order chi connectivity index (χ0) is 7.30. The van der Waals surface area contributed by atoms with Gasteiger partial charge in [-0.05, 0) is 6.42 Å². The van der Waals surface area contributed by atoms with Crippen molar-refractivity contribution in [3.63, 3.8) is 0 Å². The number of hydrogen-bond donors (Lipinski definition) is 0. The van der Waals surface area contributed by atoms with Gasteiger partial charge in [0.15, 0.2) is 0 Å². The molecule has 0 aromatic carbocycles. The molecule has 3 aliphatic rings. The molecule has 0 unspecified atom stereocenters. The van der Waals surface area contributed by atoms with E-state index in [0.29, 0.717) is 6.54 Å². The van der Waals surface area contributed by atoms with Crippen molar-refractivity contribution < 1.29 is 9.18 Å². The van der Waals surface area contributed by atoms with Gasteiger partial charge in [-0.25, -0.2) is 4.39 Å². The van der Waals surface area contributed by atoms with Crippen LogP contribution >= 0.6 is 0 Å². The summed E-state index contributed by atoms with van der Waals surface area (Å²) in [5.41, 5.74) is 0. The van der Waals surface area contributed by atoms with Gasteiger partial charge in [0, 0.05) is 19.4 Å². The van der Waals surface area contributed by atoms with E-state index in [9.17, 15) is 9.18 Å². The first-order chi connectivity index (χ1) is 4.70. The van der Waals surface area contributed by atoms with E-state index in [1.165, 1.54) is 6.92 Å². The number of carbonyl (C=O) groups is 1. The van der Waals surface area contributed by atoms with Crippen molar-refractivity contribution in [1.82, 2.24) is 4.90 Å². The highest BCUT2D eigenvalue weighted by atomic mass is 19.1. The summed E-state index contributed by atoms with van der Waals surface area (Å²) in [5.74, 6) is 0.182. The molecule has 2 heterocycles. The van der Waals surface area contributed by atoms with Crippen molar-refractivity contribution in [1.29, 1.82) is 0 Å². The second-order valence-electron chi connectivity index (χ2n) is 3.18. The van der Waals surface area contributed by atoms with Crippen molar-refractivity contribution in [3.05, 3.63) is 0 Å². The van der Waals surface area contributed by atoms with Crippen LogP contribution in [0.15, 0.2) is 0 Å². The number of halogens is 1. The molecule has 2 saturated heterocycles. The lowest BCUT2D eigenvalue weighted by atomic mass is 9.84. The minimum absolute atomic E-state index is 0.0210. The molecule has 1 amide bonds. The maximum absolute atomic E-state index is 12.8. The third kappa shape index (κ3) is 0.554. The topological polar surface area (TPSA) is 20.3 Å². The van der Waals surface area contributed by atoms with Crippen LogP contribution in [0.5, 0.6) is 0 Å². The summed E-state index contributed by atoms with van der Waals surface area (Å²) >= 11 is 0. The minimum Gasteiger partial charge on any atom is -0.337 e. The zero-order valence-corrected chi connectivity index (χ0v) is 5.88. The molecule has 1 saturated carbocycles. The SMILES string of the molecule is CC(=O)N1C[C@H]2C[C@@H]1[C@H]2F. The number of amides is 1. The van der Waals surface area contributed by atoms with Crippen LogP contribution < -0.4 is 0 Å². The van der Waals surface area contributed by atoms with E-state index in [0.717, 1.165) is 6.42 Å². The average molecular weight is 143 g/mol. The second-order valence-corrected chi connectivity index (χ2v) is 3.18. The zero-order valence-electron chi connectivity index (χ0n) is 5.88. The Morgan fingerprint density at radius 3 is 2.60 bits per heavy atom. The van der Waals surface area contributed by atoms with Crippen molar-refractivity contribution in [3.8, 4) is 0 Å². The lowest BCUT2D eigenvalue weighted by Gasteiger charge is -2.29. The van der Waals surface area contributed by atoms with E-state index in [2.05, 4.69) is 0 Å². The summed E-state index contributed by atoms with van der Waals surface area (Å²) in [6.45, 7) is 2.16. The number of alkyl halides is 1. The van der Waals surface area contributed by atoms with Gasteiger partial charge in [0.2, 0.25) is 5.91 Å². The largest absolute Gasteiger partial charge is 0.337 e. The molecular weight excluding hydrogens is 133 g/mol. The van der Waals surface area contributed by atoms with Gasteiger partial charge in [0.1, 0.15) is 6.17 Å². The Kier molecular flexibility index (Phi) is 1.05. The van der Waals surface area contributed by atoms with Crippen LogP contribution in [-0.2, 0) is 4.79 Å². The van der Waals surface area contributed by atoms with Gasteiger partial charge in [0.05, 0.1) is 6.04 Å². The monoisotopic (exact) mass is 143 g/mol. The van der Waals surface area contributed by atoms with Crippen LogP contribution in [0.2, 0.25) is 0 Å². The van der Waals surface area contributed by atoms with E-state index in [4.69, 9.17) is 0 Å². The van der Waals surface area contributed by atoms with Crippen molar-refractivity contribution in [2.75, 3.05) is 6.54 Å². The summed E-state index contributed by atoms with van der Waals surface area (Å²) in [6, 6.07) is -0.0671. The normalized spacial score (nSPS) is 43.4. The van der Waals surface area contributed by atoms with Gasteiger partial charge in [-0.2, -0.15) is 0 Å². The van der Waals surface area contributed by atoms with E-state index in [-0.39, 0.29) is 17.9 Å². The third-order valence-electron chi connectivity index (χ3n) is 2.60. The first-order valence-electron chi connectivity index (χ1n) is 3.61. The number of rotatable bonds is 0. The van der Waals surface area contributed by atoms with Crippen LogP contribution in [0.25, 0.3) is 0 Å². The van der Waals surface area contributed by atoms with E-state index >= 15 is 0 Å². The maximum Gasteiger partial charge on any atom is 0.219 e. The van der Waals surface area contributed by atoms with Gasteiger partial charge in [-0.1, -0.05) is 0 Å². The third-order valence-corrected chi connectivity index (χ3v) is 2.60. The highest BCUT2D eigenvalue weighted by Gasteiger charge is 2.53. The number of nitrogens with zero attached hydrogens (tertiary/aromatic N) is 1. The molecule has 0 N–H and O–H groups in total. The van der Waals surface area contributed by atoms with Gasteiger partial charge in [0.25, 0.3) is 0 Å². The smallest absolute Gasteiger partial charge is 0.219 e. The molecule has 2 nitrogen and oxygen atoms in total. The van der Waals surface area contributed by atoms with Crippen LogP contribution in [-0.4, -0.2) is 29.6 Å². The Morgan fingerprint density at radius 1 is 1.70 bits per heavy atom. The Balaban J connectivity index is 2.10. The predicted octanol–water partition coefficient (Wildman–Crippen LogP) is 0.575. The van der Waals surface area contributed by atoms with E-state index in [1.54, 1.807) is 4.90 Å². The highest BCUT2D eigenvalue weighted by molar-refractivity contribution is 5.74. The summed E-state index contributed by atoms with van der Waals surface area (Å²) < 4.78 is 12.8. The Bertz CT molecular complexity index is 182. The first kappa shape index (κ1) is 6.13. The molecule has 3 heteroatoms. The van der Waals surface area contributed by atoms with Crippen molar-refractivity contribution in [2.45, 2.75) is 25.6 Å². The molecule has 3 atom stereocenters. The summed E-state index contributed by atoms with van der Waals surface area (Å²) in [6.07, 6.45) is 0.171. The molecule has 3 fully saturated rings. The molecule has 0 aromatic rings. The van der Waals surface area contributed by atoms with Gasteiger partial charge < -0.3 is 4.90 Å². The Hall–Kier alpha value is -0.600. The molecule has 2 bridgehead atoms. The summed E-state index contributed by atoms with van der Waals surface area (Å²) in [7, 11) is 0. The Morgan fingerprint density at radius 2 is 2.40 bits per heavy atom. The van der Waals surface area contributed by atoms with E-state index in [1.807, 2.05) is 0 Å². The molecule has 56 valence electrons. The van der Waals surface area contributed by atoms with Crippen molar-refractivity contribution >= 4 is 5.91 Å². The molecule has 0 spiro atoms. The first-order valence-corrected chi connectivity index (χ1v) is 3.61. The fraction of sp³-hybridized carbons (Fsp3) is 0.857. The standard InChI is InChI=1S/C7H10FNO/c1-4(10)9-3-5-2-6(9)7(5)8/h5-7H,2-3H2,1H3/t5-,6-,7+/m1/s1. The number of hydrogen-bond acceptors (Lipinski definition) is 1. The lowest BCUT2D eigenvalue weighted by molar-refractivity contribution is -0.129. The molecule has 1 aliphatic carbocycles. The number of fused-ring (bicyclic) bond motifs is 1.